The smallest absolute Gasteiger partial charge is 0.340 e. The van der Waals surface area contributed by atoms with Crippen LogP contribution in [0.15, 0.2) is 48.7 Å². The molecule has 0 aliphatic heterocycles. The largest absolute Gasteiger partial charge is 0.481 e. The highest BCUT2D eigenvalue weighted by Gasteiger charge is 2.23. The topological polar surface area (TPSA) is 57.5 Å². The standard InChI is InChI=1S/C21H21NO4/c1-13-8-7-11-19(14(13)2)26-15(3)20(23)22-12-17(21(24)25-4)16-9-5-6-10-18(16)22/h5-12,15H,1-4H3. The van der Waals surface area contributed by atoms with E-state index in [-0.39, 0.29) is 5.91 Å². The van der Waals surface area contributed by atoms with Crippen LogP contribution in [0.25, 0.3) is 10.9 Å². The first-order valence-corrected chi connectivity index (χ1v) is 8.39. The van der Waals surface area contributed by atoms with Crippen LogP contribution in [0.5, 0.6) is 5.75 Å². The first-order chi connectivity index (χ1) is 12.4. The van der Waals surface area contributed by atoms with E-state index in [1.54, 1.807) is 19.1 Å². The van der Waals surface area contributed by atoms with Crippen molar-refractivity contribution < 1.29 is 19.1 Å². The molecule has 3 aromatic rings. The Morgan fingerprint density at radius 3 is 2.50 bits per heavy atom. The number of carbonyl (C=O) groups excluding carboxylic acids is 2. The fourth-order valence-corrected chi connectivity index (χ4v) is 2.92. The van der Waals surface area contributed by atoms with Gasteiger partial charge in [-0.05, 0) is 44.0 Å². The number of aryl methyl sites for hydroxylation is 1. The monoisotopic (exact) mass is 351 g/mol. The van der Waals surface area contributed by atoms with Crippen LogP contribution < -0.4 is 4.74 Å². The van der Waals surface area contributed by atoms with Gasteiger partial charge in [0.25, 0.3) is 5.91 Å². The average molecular weight is 351 g/mol. The summed E-state index contributed by atoms with van der Waals surface area (Å²) >= 11 is 0. The Balaban J connectivity index is 1.97. The Morgan fingerprint density at radius 1 is 1.04 bits per heavy atom. The summed E-state index contributed by atoms with van der Waals surface area (Å²) in [6.07, 6.45) is 0.804. The number of aromatic nitrogens is 1. The molecule has 1 aromatic heterocycles. The summed E-state index contributed by atoms with van der Waals surface area (Å²) in [5, 5.41) is 0.673. The van der Waals surface area contributed by atoms with Crippen LogP contribution in [-0.2, 0) is 4.74 Å². The lowest BCUT2D eigenvalue weighted by Gasteiger charge is -2.17. The molecule has 1 atom stereocenters. The predicted molar refractivity (Wildman–Crippen MR) is 99.9 cm³/mol. The molecule has 134 valence electrons. The van der Waals surface area contributed by atoms with Crippen LogP contribution in [-0.4, -0.2) is 29.7 Å². The average Bonchev–Trinajstić information content (AvgIpc) is 3.04. The number of ether oxygens (including phenoxy) is 2. The lowest BCUT2D eigenvalue weighted by atomic mass is 10.1. The zero-order valence-electron chi connectivity index (χ0n) is 15.3. The maximum absolute atomic E-state index is 13.0. The Morgan fingerprint density at radius 2 is 1.77 bits per heavy atom. The second-order valence-electron chi connectivity index (χ2n) is 6.22. The molecule has 1 heterocycles. The maximum Gasteiger partial charge on any atom is 0.340 e. The van der Waals surface area contributed by atoms with Gasteiger partial charge in [0.15, 0.2) is 6.10 Å². The van der Waals surface area contributed by atoms with E-state index in [4.69, 9.17) is 9.47 Å². The summed E-state index contributed by atoms with van der Waals surface area (Å²) < 4.78 is 12.2. The second kappa shape index (κ2) is 7.04. The highest BCUT2D eigenvalue weighted by atomic mass is 16.5. The highest BCUT2D eigenvalue weighted by molar-refractivity contribution is 6.07. The molecule has 3 rings (SSSR count). The minimum Gasteiger partial charge on any atom is -0.481 e. The molecule has 2 aromatic carbocycles. The molecule has 0 aliphatic rings. The summed E-state index contributed by atoms with van der Waals surface area (Å²) in [5.74, 6) is -0.0522. The second-order valence-corrected chi connectivity index (χ2v) is 6.22. The minimum atomic E-state index is -0.711. The van der Waals surface area contributed by atoms with Crippen molar-refractivity contribution in [3.63, 3.8) is 0 Å². The van der Waals surface area contributed by atoms with E-state index in [1.807, 2.05) is 44.2 Å². The number of esters is 1. The number of hydrogen-bond donors (Lipinski definition) is 0. The van der Waals surface area contributed by atoms with E-state index >= 15 is 0 Å². The van der Waals surface area contributed by atoms with Gasteiger partial charge >= 0.3 is 5.97 Å². The first-order valence-electron chi connectivity index (χ1n) is 8.39. The van der Waals surface area contributed by atoms with Gasteiger partial charge < -0.3 is 9.47 Å². The van der Waals surface area contributed by atoms with E-state index < -0.39 is 12.1 Å². The van der Waals surface area contributed by atoms with Gasteiger partial charge in [0.05, 0.1) is 18.2 Å². The van der Waals surface area contributed by atoms with E-state index in [1.165, 1.54) is 17.9 Å². The van der Waals surface area contributed by atoms with Crippen molar-refractivity contribution in [1.82, 2.24) is 4.57 Å². The number of fused-ring (bicyclic) bond motifs is 1. The summed E-state index contributed by atoms with van der Waals surface area (Å²) in [6, 6.07) is 13.0. The van der Waals surface area contributed by atoms with Gasteiger partial charge in [0.2, 0.25) is 0 Å². The van der Waals surface area contributed by atoms with E-state index in [0.717, 1.165) is 11.1 Å². The minimum absolute atomic E-state index is 0.253. The lowest BCUT2D eigenvalue weighted by molar-refractivity contribution is 0.0602. The molecule has 0 saturated heterocycles. The molecule has 0 amide bonds. The van der Waals surface area contributed by atoms with Crippen LogP contribution in [0.4, 0.5) is 0 Å². The summed E-state index contributed by atoms with van der Waals surface area (Å²) in [4.78, 5) is 25.0. The number of carbonyl (C=O) groups is 2. The van der Waals surface area contributed by atoms with Crippen molar-refractivity contribution in [2.24, 2.45) is 0 Å². The third kappa shape index (κ3) is 3.08. The molecule has 0 N–H and O–H groups in total. The Hall–Kier alpha value is -3.08. The van der Waals surface area contributed by atoms with Crippen LogP contribution in [0, 0.1) is 13.8 Å². The van der Waals surface area contributed by atoms with Gasteiger partial charge in [-0.15, -0.1) is 0 Å². The Bertz CT molecular complexity index is 987. The fourth-order valence-electron chi connectivity index (χ4n) is 2.92. The van der Waals surface area contributed by atoms with Crippen molar-refractivity contribution in [3.8, 4) is 5.75 Å². The number of nitrogens with zero attached hydrogens (tertiary/aromatic N) is 1. The molecule has 0 saturated carbocycles. The first kappa shape index (κ1) is 17.7. The molecule has 1 unspecified atom stereocenters. The van der Waals surface area contributed by atoms with Crippen molar-refractivity contribution in [1.29, 1.82) is 0 Å². The van der Waals surface area contributed by atoms with E-state index in [0.29, 0.717) is 22.2 Å². The molecular formula is C21H21NO4. The van der Waals surface area contributed by atoms with Crippen molar-refractivity contribution in [2.75, 3.05) is 7.11 Å². The van der Waals surface area contributed by atoms with Gasteiger partial charge in [0, 0.05) is 11.6 Å². The third-order valence-corrected chi connectivity index (χ3v) is 4.56. The van der Waals surface area contributed by atoms with Crippen LogP contribution >= 0.6 is 0 Å². The zero-order valence-corrected chi connectivity index (χ0v) is 15.3. The number of benzene rings is 2. The van der Waals surface area contributed by atoms with Crippen molar-refractivity contribution in [2.45, 2.75) is 26.9 Å². The fraction of sp³-hybridized carbons (Fsp3) is 0.238. The molecule has 0 fully saturated rings. The van der Waals surface area contributed by atoms with Gasteiger partial charge in [-0.3, -0.25) is 9.36 Å². The van der Waals surface area contributed by atoms with Gasteiger partial charge in [-0.25, -0.2) is 4.79 Å². The van der Waals surface area contributed by atoms with Gasteiger partial charge in [0.1, 0.15) is 5.75 Å². The molecule has 0 aliphatic carbocycles. The zero-order chi connectivity index (χ0) is 18.8. The summed E-state index contributed by atoms with van der Waals surface area (Å²) in [6.45, 7) is 5.66. The molecule has 0 radical (unpaired) electrons. The predicted octanol–water partition coefficient (Wildman–Crippen LogP) is 4.15. The molecular weight excluding hydrogens is 330 g/mol. The van der Waals surface area contributed by atoms with E-state index in [9.17, 15) is 9.59 Å². The SMILES string of the molecule is COC(=O)c1cn(C(=O)C(C)Oc2cccc(C)c2C)c2ccccc12. The molecule has 5 nitrogen and oxygen atoms in total. The molecule has 0 spiro atoms. The summed E-state index contributed by atoms with van der Waals surface area (Å²) in [7, 11) is 1.32. The Kier molecular flexibility index (Phi) is 4.80. The third-order valence-electron chi connectivity index (χ3n) is 4.56. The van der Waals surface area contributed by atoms with Gasteiger partial charge in [-0.2, -0.15) is 0 Å². The number of methoxy groups -OCH3 is 1. The Labute approximate surface area is 152 Å². The molecule has 26 heavy (non-hydrogen) atoms. The van der Waals surface area contributed by atoms with Crippen molar-refractivity contribution in [3.05, 3.63) is 65.4 Å². The number of rotatable bonds is 4. The highest BCUT2D eigenvalue weighted by Crippen LogP contribution is 2.25. The van der Waals surface area contributed by atoms with Gasteiger partial charge in [-0.1, -0.05) is 30.3 Å². The summed E-state index contributed by atoms with van der Waals surface area (Å²) in [5.41, 5.74) is 3.10. The molecule has 5 heteroatoms. The van der Waals surface area contributed by atoms with Crippen LogP contribution in [0.2, 0.25) is 0 Å². The number of hydrogen-bond acceptors (Lipinski definition) is 4. The van der Waals surface area contributed by atoms with Crippen LogP contribution in [0.3, 0.4) is 0 Å². The quantitative estimate of drug-likeness (QED) is 0.663. The lowest BCUT2D eigenvalue weighted by Crippen LogP contribution is -2.29. The van der Waals surface area contributed by atoms with E-state index in [2.05, 4.69) is 0 Å². The number of para-hydroxylation sites is 1. The maximum atomic E-state index is 13.0. The van der Waals surface area contributed by atoms with Crippen molar-refractivity contribution >= 4 is 22.8 Å². The normalized spacial score (nSPS) is 12.0. The molecule has 0 bridgehead atoms. The van der Waals surface area contributed by atoms with Crippen LogP contribution in [0.1, 0.15) is 33.2 Å².